The van der Waals surface area contributed by atoms with Crippen LogP contribution in [-0.2, 0) is 10.2 Å². The molecular formula is C12H11ClO3. The lowest BCUT2D eigenvalue weighted by Gasteiger charge is -2.15. The van der Waals surface area contributed by atoms with E-state index in [-0.39, 0.29) is 0 Å². The van der Waals surface area contributed by atoms with Crippen LogP contribution in [-0.4, -0.2) is 11.1 Å². The zero-order valence-electron chi connectivity index (χ0n) is 8.95. The van der Waals surface area contributed by atoms with Gasteiger partial charge in [0.25, 0.3) is 0 Å². The average Bonchev–Trinajstić information content (AvgIpc) is 2.60. The largest absolute Gasteiger partial charge is 0.481 e. The second kappa shape index (κ2) is 3.52. The third kappa shape index (κ3) is 1.67. The van der Waals surface area contributed by atoms with Gasteiger partial charge in [0.05, 0.1) is 0 Å². The topological polar surface area (TPSA) is 50.4 Å². The monoisotopic (exact) mass is 238 g/mol. The van der Waals surface area contributed by atoms with Gasteiger partial charge < -0.3 is 9.52 Å². The minimum absolute atomic E-state index is 0.428. The number of carbonyl (C=O) groups is 1. The molecule has 1 N–H and O–H groups in total. The zero-order valence-corrected chi connectivity index (χ0v) is 9.71. The van der Waals surface area contributed by atoms with Crippen LogP contribution < -0.4 is 0 Å². The van der Waals surface area contributed by atoms with Crippen LogP contribution >= 0.6 is 11.6 Å². The Morgan fingerprint density at radius 1 is 1.38 bits per heavy atom. The van der Waals surface area contributed by atoms with Crippen molar-refractivity contribution in [1.29, 1.82) is 0 Å². The lowest BCUT2D eigenvalue weighted by atomic mass is 9.90. The summed E-state index contributed by atoms with van der Waals surface area (Å²) in [5, 5.41) is 10.5. The molecule has 0 saturated heterocycles. The summed E-state index contributed by atoms with van der Waals surface area (Å²) in [6, 6.07) is 6.97. The molecule has 16 heavy (non-hydrogen) atoms. The fourth-order valence-electron chi connectivity index (χ4n) is 1.42. The molecule has 2 rings (SSSR count). The molecule has 0 atom stereocenters. The molecule has 0 amide bonds. The van der Waals surface area contributed by atoms with Crippen molar-refractivity contribution in [3.05, 3.63) is 35.0 Å². The van der Waals surface area contributed by atoms with Gasteiger partial charge in [-0.3, -0.25) is 4.79 Å². The highest BCUT2D eigenvalue weighted by Gasteiger charge is 2.33. The van der Waals surface area contributed by atoms with Gasteiger partial charge in [0.15, 0.2) is 0 Å². The second-order valence-electron chi connectivity index (χ2n) is 4.22. The Balaban J connectivity index is 2.59. The van der Waals surface area contributed by atoms with Gasteiger partial charge in [-0.15, -0.1) is 0 Å². The highest BCUT2D eigenvalue weighted by molar-refractivity contribution is 6.31. The number of carboxylic acids is 1. The summed E-state index contributed by atoms with van der Waals surface area (Å²) < 4.78 is 5.51. The maximum absolute atomic E-state index is 11.1. The average molecular weight is 239 g/mol. The molecule has 0 spiro atoms. The molecule has 1 aromatic carbocycles. The number of fused-ring (bicyclic) bond motifs is 1. The maximum atomic E-state index is 11.1. The van der Waals surface area contributed by atoms with Gasteiger partial charge in [-0.2, -0.15) is 0 Å². The Morgan fingerprint density at radius 2 is 2.06 bits per heavy atom. The van der Waals surface area contributed by atoms with E-state index in [4.69, 9.17) is 21.1 Å². The van der Waals surface area contributed by atoms with E-state index < -0.39 is 11.4 Å². The van der Waals surface area contributed by atoms with Crippen LogP contribution in [0.25, 0.3) is 11.0 Å². The van der Waals surface area contributed by atoms with Crippen molar-refractivity contribution in [3.63, 3.8) is 0 Å². The number of aliphatic carboxylic acids is 1. The first-order chi connectivity index (χ1) is 7.41. The van der Waals surface area contributed by atoms with Crippen molar-refractivity contribution in [1.82, 2.24) is 0 Å². The predicted octanol–water partition coefficient (Wildman–Crippen LogP) is 3.45. The van der Waals surface area contributed by atoms with Crippen molar-refractivity contribution in [3.8, 4) is 0 Å². The number of halogens is 1. The first kappa shape index (κ1) is 11.0. The molecule has 0 bridgehead atoms. The van der Waals surface area contributed by atoms with E-state index in [2.05, 4.69) is 0 Å². The van der Waals surface area contributed by atoms with E-state index in [1.165, 1.54) is 0 Å². The van der Waals surface area contributed by atoms with Crippen LogP contribution in [0.5, 0.6) is 0 Å². The molecule has 0 fully saturated rings. The number of furan rings is 1. The molecule has 84 valence electrons. The van der Waals surface area contributed by atoms with Crippen LogP contribution in [0.1, 0.15) is 19.6 Å². The molecule has 0 aliphatic rings. The van der Waals surface area contributed by atoms with E-state index in [0.29, 0.717) is 16.4 Å². The van der Waals surface area contributed by atoms with Crippen molar-refractivity contribution in [2.24, 2.45) is 0 Å². The van der Waals surface area contributed by atoms with Crippen LogP contribution in [0.2, 0.25) is 5.02 Å². The summed E-state index contributed by atoms with van der Waals surface area (Å²) in [6.45, 7) is 3.21. The summed E-state index contributed by atoms with van der Waals surface area (Å²) in [7, 11) is 0. The number of rotatable bonds is 2. The van der Waals surface area contributed by atoms with Crippen molar-refractivity contribution >= 4 is 28.5 Å². The number of hydrogen-bond acceptors (Lipinski definition) is 2. The number of benzene rings is 1. The standard InChI is InChI=1S/C12H11ClO3/c1-12(2,11(14)15)10-5-7-3-4-8(13)6-9(7)16-10/h3-6H,1-2H3,(H,14,15). The SMILES string of the molecule is CC(C)(C(=O)O)c1cc2ccc(Cl)cc2o1. The first-order valence-electron chi connectivity index (χ1n) is 4.84. The molecule has 0 radical (unpaired) electrons. The molecule has 0 aliphatic heterocycles. The Bertz CT molecular complexity index is 554. The summed E-state index contributed by atoms with van der Waals surface area (Å²) >= 11 is 5.83. The second-order valence-corrected chi connectivity index (χ2v) is 4.66. The number of carboxylic acid groups (broad SMARTS) is 1. The fraction of sp³-hybridized carbons (Fsp3) is 0.250. The van der Waals surface area contributed by atoms with E-state index in [1.54, 1.807) is 32.0 Å². The molecule has 3 nitrogen and oxygen atoms in total. The van der Waals surface area contributed by atoms with Gasteiger partial charge in [-0.05, 0) is 32.0 Å². The Labute approximate surface area is 97.6 Å². The molecule has 1 aromatic heterocycles. The zero-order chi connectivity index (χ0) is 11.9. The maximum Gasteiger partial charge on any atom is 0.316 e. The summed E-state index contributed by atoms with van der Waals surface area (Å²) in [4.78, 5) is 11.1. The van der Waals surface area contributed by atoms with Crippen LogP contribution in [0.3, 0.4) is 0 Å². The van der Waals surface area contributed by atoms with Gasteiger partial charge in [-0.25, -0.2) is 0 Å². The van der Waals surface area contributed by atoms with Crippen LogP contribution in [0, 0.1) is 0 Å². The lowest BCUT2D eigenvalue weighted by molar-refractivity contribution is -0.143. The van der Waals surface area contributed by atoms with Gasteiger partial charge >= 0.3 is 5.97 Å². The Kier molecular flexibility index (Phi) is 2.43. The van der Waals surface area contributed by atoms with E-state index in [9.17, 15) is 4.79 Å². The fourth-order valence-corrected chi connectivity index (χ4v) is 1.58. The van der Waals surface area contributed by atoms with Gasteiger partial charge in [0.1, 0.15) is 16.8 Å². The first-order valence-corrected chi connectivity index (χ1v) is 5.22. The molecule has 2 aromatic rings. The van der Waals surface area contributed by atoms with Crippen molar-refractivity contribution < 1.29 is 14.3 Å². The normalized spacial score (nSPS) is 11.9. The highest BCUT2D eigenvalue weighted by atomic mass is 35.5. The summed E-state index contributed by atoms with van der Waals surface area (Å²) in [5.74, 6) is -0.491. The van der Waals surface area contributed by atoms with Gasteiger partial charge in [-0.1, -0.05) is 11.6 Å². The van der Waals surface area contributed by atoms with E-state index >= 15 is 0 Å². The van der Waals surface area contributed by atoms with Crippen molar-refractivity contribution in [2.75, 3.05) is 0 Å². The van der Waals surface area contributed by atoms with E-state index in [0.717, 1.165) is 5.39 Å². The molecule has 0 saturated carbocycles. The van der Waals surface area contributed by atoms with Crippen molar-refractivity contribution in [2.45, 2.75) is 19.3 Å². The third-order valence-electron chi connectivity index (χ3n) is 2.63. The molecule has 4 heteroatoms. The predicted molar refractivity (Wildman–Crippen MR) is 61.9 cm³/mol. The Hall–Kier alpha value is -1.48. The minimum Gasteiger partial charge on any atom is -0.481 e. The lowest BCUT2D eigenvalue weighted by Crippen LogP contribution is -2.27. The number of hydrogen-bond donors (Lipinski definition) is 1. The highest BCUT2D eigenvalue weighted by Crippen LogP contribution is 2.30. The van der Waals surface area contributed by atoms with E-state index in [1.807, 2.05) is 6.07 Å². The summed E-state index contributed by atoms with van der Waals surface area (Å²) in [6.07, 6.45) is 0. The van der Waals surface area contributed by atoms with Gasteiger partial charge in [0.2, 0.25) is 0 Å². The molecular weight excluding hydrogens is 228 g/mol. The van der Waals surface area contributed by atoms with Crippen LogP contribution in [0.4, 0.5) is 0 Å². The Morgan fingerprint density at radius 3 is 2.69 bits per heavy atom. The minimum atomic E-state index is -1.04. The summed E-state index contributed by atoms with van der Waals surface area (Å²) in [5.41, 5.74) is -0.428. The molecule has 1 heterocycles. The smallest absolute Gasteiger partial charge is 0.316 e. The quantitative estimate of drug-likeness (QED) is 0.872. The van der Waals surface area contributed by atoms with Gasteiger partial charge in [0, 0.05) is 16.5 Å². The molecule has 0 unspecified atom stereocenters. The third-order valence-corrected chi connectivity index (χ3v) is 2.87. The van der Waals surface area contributed by atoms with Crippen LogP contribution in [0.15, 0.2) is 28.7 Å². The molecule has 0 aliphatic carbocycles.